The maximum atomic E-state index is 13.3. The minimum absolute atomic E-state index is 0.0561. The quantitative estimate of drug-likeness (QED) is 0.686. The first-order valence-corrected chi connectivity index (χ1v) is 5.23. The van der Waals surface area contributed by atoms with Crippen molar-refractivity contribution in [3.05, 3.63) is 40.2 Å². The van der Waals surface area contributed by atoms with Gasteiger partial charge in [-0.2, -0.15) is 0 Å². The molecule has 3 nitrogen and oxygen atoms in total. The lowest BCUT2D eigenvalue weighted by Gasteiger charge is -2.04. The number of aryl methyl sites for hydroxylation is 1. The molecule has 1 aromatic heterocycles. The number of rotatable bonds is 0. The van der Waals surface area contributed by atoms with E-state index in [9.17, 15) is 9.18 Å². The van der Waals surface area contributed by atoms with Gasteiger partial charge in [0.15, 0.2) is 0 Å². The second kappa shape index (κ2) is 4.88. The summed E-state index contributed by atoms with van der Waals surface area (Å²) in [5.74, 6) is 0.0590. The minimum Gasteiger partial charge on any atom is -0.299 e. The molecular formula is C12H15FN2O. The van der Waals surface area contributed by atoms with Gasteiger partial charge in [0, 0.05) is 7.05 Å². The minimum atomic E-state index is -0.518. The van der Waals surface area contributed by atoms with Crippen LogP contribution in [0.1, 0.15) is 19.7 Å². The van der Waals surface area contributed by atoms with Crippen molar-refractivity contribution >= 4 is 10.9 Å². The Balaban J connectivity index is 0.000000606. The maximum Gasteiger partial charge on any atom is 0.264 e. The summed E-state index contributed by atoms with van der Waals surface area (Å²) in [6, 6.07) is 4.44. The number of aromatic nitrogens is 2. The number of halogens is 1. The van der Waals surface area contributed by atoms with Gasteiger partial charge in [-0.3, -0.25) is 9.36 Å². The van der Waals surface area contributed by atoms with Crippen LogP contribution in [0.2, 0.25) is 0 Å². The fourth-order valence-corrected chi connectivity index (χ4v) is 1.38. The van der Waals surface area contributed by atoms with E-state index in [1.54, 1.807) is 26.1 Å². The third kappa shape index (κ3) is 1.96. The van der Waals surface area contributed by atoms with Crippen LogP contribution >= 0.6 is 0 Å². The molecule has 0 bridgehead atoms. The van der Waals surface area contributed by atoms with Gasteiger partial charge in [-0.15, -0.1) is 0 Å². The molecule has 0 aliphatic carbocycles. The summed E-state index contributed by atoms with van der Waals surface area (Å²) in [5.41, 5.74) is 0.0659. The van der Waals surface area contributed by atoms with Gasteiger partial charge in [-0.05, 0) is 19.1 Å². The normalized spacial score (nSPS) is 9.81. The molecule has 0 aliphatic heterocycles. The fourth-order valence-electron chi connectivity index (χ4n) is 1.38. The van der Waals surface area contributed by atoms with Gasteiger partial charge in [0.1, 0.15) is 17.0 Å². The van der Waals surface area contributed by atoms with E-state index in [0.717, 1.165) is 0 Å². The molecule has 2 aromatic rings. The molecule has 0 saturated heterocycles. The van der Waals surface area contributed by atoms with E-state index >= 15 is 0 Å². The lowest BCUT2D eigenvalue weighted by Crippen LogP contribution is -2.21. The average molecular weight is 222 g/mol. The van der Waals surface area contributed by atoms with E-state index in [-0.39, 0.29) is 10.9 Å². The van der Waals surface area contributed by atoms with Crippen LogP contribution in [0.4, 0.5) is 4.39 Å². The summed E-state index contributed by atoms with van der Waals surface area (Å²) in [5, 5.41) is 0.0561. The first kappa shape index (κ1) is 12.4. The van der Waals surface area contributed by atoms with Crippen LogP contribution in [0.5, 0.6) is 0 Å². The van der Waals surface area contributed by atoms with Crippen LogP contribution in [0.15, 0.2) is 23.0 Å². The third-order valence-corrected chi connectivity index (χ3v) is 2.28. The fraction of sp³-hybridized carbons (Fsp3) is 0.333. The van der Waals surface area contributed by atoms with Crippen molar-refractivity contribution in [3.8, 4) is 0 Å². The number of fused-ring (bicyclic) bond motifs is 1. The molecule has 2 rings (SSSR count). The van der Waals surface area contributed by atoms with Gasteiger partial charge >= 0.3 is 0 Å². The zero-order chi connectivity index (χ0) is 12.3. The van der Waals surface area contributed by atoms with Crippen LogP contribution in [-0.4, -0.2) is 9.55 Å². The van der Waals surface area contributed by atoms with Gasteiger partial charge in [0.2, 0.25) is 0 Å². The largest absolute Gasteiger partial charge is 0.299 e. The highest BCUT2D eigenvalue weighted by atomic mass is 19.1. The molecule has 0 aliphatic rings. The van der Waals surface area contributed by atoms with Crippen LogP contribution in [0.25, 0.3) is 10.9 Å². The van der Waals surface area contributed by atoms with E-state index in [2.05, 4.69) is 4.98 Å². The molecule has 16 heavy (non-hydrogen) atoms. The van der Waals surface area contributed by atoms with Crippen LogP contribution in [0.3, 0.4) is 0 Å². The smallest absolute Gasteiger partial charge is 0.264 e. The lowest BCUT2D eigenvalue weighted by molar-refractivity contribution is 0.635. The topological polar surface area (TPSA) is 34.9 Å². The van der Waals surface area contributed by atoms with Gasteiger partial charge in [0.25, 0.3) is 5.56 Å². The van der Waals surface area contributed by atoms with Crippen LogP contribution in [-0.2, 0) is 7.05 Å². The van der Waals surface area contributed by atoms with E-state index < -0.39 is 5.82 Å². The predicted octanol–water partition coefficient (Wildman–Crippen LogP) is 2.41. The first-order valence-electron chi connectivity index (χ1n) is 5.23. The number of hydrogen-bond acceptors (Lipinski definition) is 2. The highest BCUT2D eigenvalue weighted by Gasteiger charge is 2.08. The Bertz CT molecular complexity index is 561. The van der Waals surface area contributed by atoms with E-state index in [1.807, 2.05) is 13.8 Å². The number of nitrogens with zero attached hydrogens (tertiary/aromatic N) is 2. The summed E-state index contributed by atoms with van der Waals surface area (Å²) < 4.78 is 14.6. The zero-order valence-corrected chi connectivity index (χ0v) is 9.91. The lowest BCUT2D eigenvalue weighted by atomic mass is 10.2. The number of hydrogen-bond donors (Lipinski definition) is 0. The molecule has 1 heterocycles. The summed E-state index contributed by atoms with van der Waals surface area (Å²) >= 11 is 0. The first-order chi connectivity index (χ1) is 7.61. The van der Waals surface area contributed by atoms with Gasteiger partial charge in [0.05, 0.1) is 5.52 Å². The molecule has 86 valence electrons. The van der Waals surface area contributed by atoms with E-state index in [0.29, 0.717) is 11.3 Å². The maximum absolute atomic E-state index is 13.3. The molecular weight excluding hydrogens is 207 g/mol. The Morgan fingerprint density at radius 1 is 1.31 bits per heavy atom. The molecule has 0 unspecified atom stereocenters. The molecule has 4 heteroatoms. The van der Waals surface area contributed by atoms with Crippen molar-refractivity contribution in [2.45, 2.75) is 20.8 Å². The molecule has 0 saturated carbocycles. The molecule has 0 amide bonds. The summed E-state index contributed by atoms with van der Waals surface area (Å²) in [4.78, 5) is 15.8. The highest BCUT2D eigenvalue weighted by molar-refractivity contribution is 5.78. The van der Waals surface area contributed by atoms with Crippen molar-refractivity contribution in [3.63, 3.8) is 0 Å². The van der Waals surface area contributed by atoms with Gasteiger partial charge in [-0.1, -0.05) is 19.9 Å². The molecule has 0 atom stereocenters. The molecule has 0 spiro atoms. The van der Waals surface area contributed by atoms with Crippen LogP contribution < -0.4 is 5.56 Å². The second-order valence-electron chi connectivity index (χ2n) is 3.16. The molecule has 1 aromatic carbocycles. The Morgan fingerprint density at radius 2 is 1.94 bits per heavy atom. The Labute approximate surface area is 93.6 Å². The second-order valence-corrected chi connectivity index (χ2v) is 3.16. The molecule has 0 radical (unpaired) electrons. The van der Waals surface area contributed by atoms with Crippen molar-refractivity contribution < 1.29 is 4.39 Å². The average Bonchev–Trinajstić information content (AvgIpc) is 2.28. The summed E-state index contributed by atoms with van der Waals surface area (Å²) in [6.45, 7) is 5.71. The summed E-state index contributed by atoms with van der Waals surface area (Å²) in [6.07, 6.45) is 0. The van der Waals surface area contributed by atoms with Gasteiger partial charge < -0.3 is 0 Å². The highest BCUT2D eigenvalue weighted by Crippen LogP contribution is 2.11. The Hall–Kier alpha value is -1.71. The predicted molar refractivity (Wildman–Crippen MR) is 63.0 cm³/mol. The Kier molecular flexibility index (Phi) is 3.77. The van der Waals surface area contributed by atoms with Crippen LogP contribution in [0, 0.1) is 12.7 Å². The SMILES string of the molecule is CC.Cc1nc2cccc(F)c2c(=O)n1C. The van der Waals surface area contributed by atoms with Gasteiger partial charge in [-0.25, -0.2) is 9.37 Å². The Morgan fingerprint density at radius 3 is 2.56 bits per heavy atom. The molecule has 0 fully saturated rings. The third-order valence-electron chi connectivity index (χ3n) is 2.28. The number of benzene rings is 1. The summed E-state index contributed by atoms with van der Waals surface area (Å²) in [7, 11) is 1.58. The van der Waals surface area contributed by atoms with Crippen molar-refractivity contribution in [2.24, 2.45) is 7.05 Å². The van der Waals surface area contributed by atoms with E-state index in [4.69, 9.17) is 0 Å². The van der Waals surface area contributed by atoms with Crippen molar-refractivity contribution in [1.29, 1.82) is 0 Å². The standard InChI is InChI=1S/C10H9FN2O.C2H6/c1-6-12-8-5-3-4-7(11)9(8)10(14)13(6)2;1-2/h3-5H,1-2H3;1-2H3. The zero-order valence-electron chi connectivity index (χ0n) is 9.91. The van der Waals surface area contributed by atoms with Crippen molar-refractivity contribution in [1.82, 2.24) is 9.55 Å². The monoisotopic (exact) mass is 222 g/mol. The molecule has 0 N–H and O–H groups in total. The van der Waals surface area contributed by atoms with Crippen molar-refractivity contribution in [2.75, 3.05) is 0 Å². The van der Waals surface area contributed by atoms with E-state index in [1.165, 1.54) is 10.6 Å².